The van der Waals surface area contributed by atoms with E-state index in [4.69, 9.17) is 4.74 Å². The van der Waals surface area contributed by atoms with Crippen LogP contribution < -0.4 is 14.4 Å². The Hall–Kier alpha value is -2.68. The van der Waals surface area contributed by atoms with Gasteiger partial charge in [0.15, 0.2) is 0 Å². The zero-order valence-corrected chi connectivity index (χ0v) is 23.5. The molecular formula is C24H26IN3O6S2. The molecule has 0 saturated carbocycles. The summed E-state index contributed by atoms with van der Waals surface area (Å²) in [7, 11) is -4.60. The Morgan fingerprint density at radius 1 is 0.833 bits per heavy atom. The SMILES string of the molecule is CN(C)S(=O)(=O)c1ccc(OCCNC(=O)CN(c2ccc(I)cc2)S(=O)(=O)c2ccccc2)cc1. The predicted molar refractivity (Wildman–Crippen MR) is 146 cm³/mol. The second-order valence-electron chi connectivity index (χ2n) is 7.76. The van der Waals surface area contributed by atoms with Crippen molar-refractivity contribution in [3.8, 4) is 5.75 Å². The van der Waals surface area contributed by atoms with Crippen LogP contribution >= 0.6 is 22.6 Å². The molecule has 0 saturated heterocycles. The number of carbonyl (C=O) groups is 1. The van der Waals surface area contributed by atoms with Gasteiger partial charge < -0.3 is 10.1 Å². The quantitative estimate of drug-likeness (QED) is 0.254. The zero-order valence-electron chi connectivity index (χ0n) is 19.7. The second-order valence-corrected chi connectivity index (χ2v) is 13.0. The minimum Gasteiger partial charge on any atom is -0.492 e. The molecule has 0 unspecified atom stereocenters. The molecule has 0 bridgehead atoms. The highest BCUT2D eigenvalue weighted by atomic mass is 127. The Kier molecular flexibility index (Phi) is 9.33. The number of carbonyl (C=O) groups excluding carboxylic acids is 1. The maximum atomic E-state index is 13.3. The van der Waals surface area contributed by atoms with Gasteiger partial charge in [-0.2, -0.15) is 0 Å². The van der Waals surface area contributed by atoms with E-state index in [2.05, 4.69) is 27.9 Å². The van der Waals surface area contributed by atoms with Gasteiger partial charge in [0.25, 0.3) is 10.0 Å². The van der Waals surface area contributed by atoms with Crippen molar-refractivity contribution in [2.24, 2.45) is 0 Å². The van der Waals surface area contributed by atoms with Gasteiger partial charge in [-0.05, 0) is 83.3 Å². The lowest BCUT2D eigenvalue weighted by Gasteiger charge is -2.24. The van der Waals surface area contributed by atoms with Gasteiger partial charge >= 0.3 is 0 Å². The van der Waals surface area contributed by atoms with E-state index >= 15 is 0 Å². The van der Waals surface area contributed by atoms with Crippen LogP contribution in [0.15, 0.2) is 88.7 Å². The zero-order chi connectivity index (χ0) is 26.3. The number of sulfonamides is 2. The van der Waals surface area contributed by atoms with Crippen molar-refractivity contribution in [1.82, 2.24) is 9.62 Å². The van der Waals surface area contributed by atoms with Crippen LogP contribution in [0.3, 0.4) is 0 Å². The standard InChI is InChI=1S/C24H26IN3O6S2/c1-27(2)35(30,31)23-14-12-21(13-15-23)34-17-16-26-24(29)18-28(20-10-8-19(25)9-11-20)36(32,33)22-6-4-3-5-7-22/h3-15H,16-18H2,1-2H3,(H,26,29). The Morgan fingerprint density at radius 2 is 1.42 bits per heavy atom. The molecule has 0 radical (unpaired) electrons. The van der Waals surface area contributed by atoms with Crippen LogP contribution in [0.25, 0.3) is 0 Å². The average molecular weight is 644 g/mol. The summed E-state index contributed by atoms with van der Waals surface area (Å²) in [6.07, 6.45) is 0. The van der Waals surface area contributed by atoms with Crippen molar-refractivity contribution < 1.29 is 26.4 Å². The van der Waals surface area contributed by atoms with E-state index in [1.807, 2.05) is 0 Å². The van der Waals surface area contributed by atoms with E-state index in [1.54, 1.807) is 42.5 Å². The lowest BCUT2D eigenvalue weighted by Crippen LogP contribution is -2.41. The molecular weight excluding hydrogens is 617 g/mol. The maximum absolute atomic E-state index is 13.3. The topological polar surface area (TPSA) is 113 Å². The molecule has 12 heteroatoms. The summed E-state index contributed by atoms with van der Waals surface area (Å²) in [5, 5.41) is 2.66. The number of amides is 1. The van der Waals surface area contributed by atoms with Gasteiger partial charge in [0.05, 0.1) is 22.0 Å². The highest BCUT2D eigenvalue weighted by Crippen LogP contribution is 2.24. The van der Waals surface area contributed by atoms with E-state index in [1.165, 1.54) is 50.5 Å². The summed E-state index contributed by atoms with van der Waals surface area (Å²) in [5.74, 6) is -0.0572. The van der Waals surface area contributed by atoms with E-state index in [-0.39, 0.29) is 22.9 Å². The van der Waals surface area contributed by atoms with Crippen molar-refractivity contribution in [3.05, 3.63) is 82.4 Å². The third-order valence-corrected chi connectivity index (χ3v) is 9.36. The van der Waals surface area contributed by atoms with Crippen molar-refractivity contribution in [1.29, 1.82) is 0 Å². The average Bonchev–Trinajstić information content (AvgIpc) is 2.86. The van der Waals surface area contributed by atoms with E-state index in [9.17, 15) is 21.6 Å². The lowest BCUT2D eigenvalue weighted by atomic mass is 10.3. The molecule has 0 aliphatic heterocycles. The molecule has 0 aliphatic carbocycles. The molecule has 3 aromatic rings. The summed E-state index contributed by atoms with van der Waals surface area (Å²) in [5.41, 5.74) is 0.374. The minimum atomic E-state index is -3.97. The van der Waals surface area contributed by atoms with Gasteiger partial charge in [-0.25, -0.2) is 21.1 Å². The Labute approximate surface area is 225 Å². The van der Waals surface area contributed by atoms with Crippen LogP contribution in [0, 0.1) is 3.57 Å². The van der Waals surface area contributed by atoms with E-state index in [0.29, 0.717) is 11.4 Å². The molecule has 36 heavy (non-hydrogen) atoms. The number of ether oxygens (including phenoxy) is 1. The second kappa shape index (κ2) is 12.0. The highest BCUT2D eigenvalue weighted by molar-refractivity contribution is 14.1. The van der Waals surface area contributed by atoms with Crippen molar-refractivity contribution >= 4 is 54.2 Å². The number of benzene rings is 3. The smallest absolute Gasteiger partial charge is 0.264 e. The fourth-order valence-electron chi connectivity index (χ4n) is 3.11. The fourth-order valence-corrected chi connectivity index (χ4v) is 5.81. The lowest BCUT2D eigenvalue weighted by molar-refractivity contribution is -0.119. The summed E-state index contributed by atoms with van der Waals surface area (Å²) in [6, 6.07) is 20.7. The monoisotopic (exact) mass is 643 g/mol. The summed E-state index contributed by atoms with van der Waals surface area (Å²) in [6.45, 7) is -0.169. The summed E-state index contributed by atoms with van der Waals surface area (Å²) in [4.78, 5) is 12.9. The third-order valence-electron chi connectivity index (χ3n) is 5.03. The van der Waals surface area contributed by atoms with Crippen LogP contribution in [0.5, 0.6) is 5.75 Å². The fraction of sp³-hybridized carbons (Fsp3) is 0.208. The molecule has 9 nitrogen and oxygen atoms in total. The molecule has 1 amide bonds. The van der Waals surface area contributed by atoms with Crippen LogP contribution in [0.1, 0.15) is 0 Å². The molecule has 192 valence electrons. The van der Waals surface area contributed by atoms with Crippen LogP contribution in [-0.4, -0.2) is 60.8 Å². The first-order chi connectivity index (χ1) is 17.0. The predicted octanol–water partition coefficient (Wildman–Crippen LogP) is 2.93. The van der Waals surface area contributed by atoms with E-state index in [0.717, 1.165) is 12.2 Å². The highest BCUT2D eigenvalue weighted by Gasteiger charge is 2.27. The van der Waals surface area contributed by atoms with E-state index < -0.39 is 32.5 Å². The number of nitrogens with zero attached hydrogens (tertiary/aromatic N) is 2. The molecule has 3 rings (SSSR count). The van der Waals surface area contributed by atoms with Gasteiger partial charge in [-0.15, -0.1) is 0 Å². The molecule has 0 aliphatic rings. The number of nitrogens with one attached hydrogen (secondary N) is 1. The van der Waals surface area contributed by atoms with Gasteiger partial charge in [-0.1, -0.05) is 18.2 Å². The minimum absolute atomic E-state index is 0.0828. The van der Waals surface area contributed by atoms with Crippen LogP contribution in [-0.2, 0) is 24.8 Å². The Balaban J connectivity index is 1.62. The van der Waals surface area contributed by atoms with Crippen molar-refractivity contribution in [3.63, 3.8) is 0 Å². The largest absolute Gasteiger partial charge is 0.492 e. The summed E-state index contributed by atoms with van der Waals surface area (Å²) >= 11 is 2.12. The first kappa shape index (κ1) is 27.9. The third kappa shape index (κ3) is 6.96. The number of hydrogen-bond donors (Lipinski definition) is 1. The van der Waals surface area contributed by atoms with Crippen LogP contribution in [0.2, 0.25) is 0 Å². The first-order valence-corrected chi connectivity index (χ1v) is 14.7. The molecule has 0 atom stereocenters. The van der Waals surface area contributed by atoms with Gasteiger partial charge in [-0.3, -0.25) is 9.10 Å². The molecule has 0 spiro atoms. The maximum Gasteiger partial charge on any atom is 0.264 e. The number of anilines is 1. The molecule has 0 aromatic heterocycles. The van der Waals surface area contributed by atoms with Gasteiger partial charge in [0.1, 0.15) is 18.9 Å². The van der Waals surface area contributed by atoms with Crippen molar-refractivity contribution in [2.45, 2.75) is 9.79 Å². The van der Waals surface area contributed by atoms with Crippen molar-refractivity contribution in [2.75, 3.05) is 38.1 Å². The van der Waals surface area contributed by atoms with Crippen LogP contribution in [0.4, 0.5) is 5.69 Å². The van der Waals surface area contributed by atoms with Gasteiger partial charge in [0.2, 0.25) is 15.9 Å². The Bertz CT molecular complexity index is 1380. The molecule has 0 heterocycles. The molecule has 1 N–H and O–H groups in total. The van der Waals surface area contributed by atoms with Gasteiger partial charge in [0, 0.05) is 17.7 Å². The summed E-state index contributed by atoms with van der Waals surface area (Å²) < 4.78 is 59.5. The number of rotatable bonds is 11. The molecule has 0 fully saturated rings. The Morgan fingerprint density at radius 3 is 2.00 bits per heavy atom. The normalized spacial score (nSPS) is 11.8. The first-order valence-electron chi connectivity index (χ1n) is 10.8. The number of halogens is 1. The molecule has 3 aromatic carbocycles. The number of hydrogen-bond acceptors (Lipinski definition) is 6.